The van der Waals surface area contributed by atoms with Gasteiger partial charge in [-0.1, -0.05) is 136 Å². The van der Waals surface area contributed by atoms with Gasteiger partial charge in [0.05, 0.1) is 30.4 Å². The quantitative estimate of drug-likeness (QED) is 0.0124. The minimum Gasteiger partial charge on any atom is -0.493 e. The summed E-state index contributed by atoms with van der Waals surface area (Å²) in [7, 11) is 0. The van der Waals surface area contributed by atoms with Gasteiger partial charge < -0.3 is 9.47 Å². The zero-order valence-electron chi connectivity index (χ0n) is 42.0. The van der Waals surface area contributed by atoms with Gasteiger partial charge in [0.1, 0.15) is 11.5 Å². The van der Waals surface area contributed by atoms with E-state index < -0.39 is 53.6 Å². The van der Waals surface area contributed by atoms with E-state index in [1.807, 2.05) is 91.9 Å². The molecule has 0 heterocycles. The van der Waals surface area contributed by atoms with Gasteiger partial charge in [-0.15, -0.1) is 5.11 Å². The Hall–Kier alpha value is -7.19. The monoisotopic (exact) mass is 1090 g/mol. The van der Waals surface area contributed by atoms with E-state index in [0.29, 0.717) is 48.9 Å². The highest BCUT2D eigenvalue weighted by atomic mass is 19.4. The normalized spacial score (nSPS) is 13.1. The Labute approximate surface area is 436 Å². The molecule has 0 aliphatic heterocycles. The van der Waals surface area contributed by atoms with Gasteiger partial charge >= 0.3 is 35.8 Å². The number of hydrogen-bond donors (Lipinski definition) is 0. The standard InChI is InChI=1S/C56H55F13N4O4/c1-4-7-34-76-49-37-46(26-20-42-23-29-48(30-24-42)73(74)75)50(77-35-8-5-2)36-45(49)25-19-40-12-9-39(10-13-40)11-14-41-21-27-47(28-22-41)70-71-72(33-6-3)38-44-17-15-43(16-18-44)31-32-51(57,58)52(59,60)53(61,62)54(63,64)55(65,66)56(67,68)69/h9-30,36-37H,4-8,31-35,38H2,1-3H3/b14-11+,25-19+,26-20+,71-70?. The first-order chi connectivity index (χ1) is 36.3. The SMILES string of the molecule is CCCCOc1cc(/C=C/c2ccc([N+](=O)[O-])cc2)c(OCCCC)cc1/C=C/c1ccc(/C=C/c2ccc(N=NN(CCC)Cc3ccc(CCC(F)(F)C(F)(F)C(F)(F)C(F)(F)C(F)(F)C(F)(F)F)cc3)cc2)cc1. The molecule has 0 unspecified atom stereocenters. The van der Waals surface area contributed by atoms with Gasteiger partial charge in [0.25, 0.3) is 5.69 Å². The topological polar surface area (TPSA) is 89.6 Å². The van der Waals surface area contributed by atoms with Crippen molar-refractivity contribution in [3.63, 3.8) is 0 Å². The highest BCUT2D eigenvalue weighted by molar-refractivity contribution is 5.79. The van der Waals surface area contributed by atoms with Crippen molar-refractivity contribution in [1.29, 1.82) is 0 Å². The zero-order chi connectivity index (χ0) is 56.7. The molecule has 0 aliphatic carbocycles. The molecule has 77 heavy (non-hydrogen) atoms. The van der Waals surface area contributed by atoms with Crippen LogP contribution in [-0.2, 0) is 13.0 Å². The predicted molar refractivity (Wildman–Crippen MR) is 271 cm³/mol. The number of unbranched alkanes of at least 4 members (excludes halogenated alkanes) is 2. The second-order valence-corrected chi connectivity index (χ2v) is 17.8. The lowest BCUT2D eigenvalue weighted by Crippen LogP contribution is -2.70. The number of alkyl halides is 13. The number of non-ortho nitro benzene ring substituents is 1. The van der Waals surface area contributed by atoms with Crippen LogP contribution in [0.2, 0.25) is 0 Å². The van der Waals surface area contributed by atoms with Crippen LogP contribution < -0.4 is 9.47 Å². The van der Waals surface area contributed by atoms with Crippen LogP contribution >= 0.6 is 0 Å². The average Bonchev–Trinajstić information content (AvgIpc) is 3.54. The van der Waals surface area contributed by atoms with Crippen molar-refractivity contribution in [1.82, 2.24) is 5.01 Å². The summed E-state index contributed by atoms with van der Waals surface area (Å²) in [6.45, 7) is 7.54. The number of nitro groups is 1. The Bertz CT molecular complexity index is 2820. The van der Waals surface area contributed by atoms with Crippen LogP contribution in [0.4, 0.5) is 68.5 Å². The number of hydrogen-bond acceptors (Lipinski definition) is 6. The summed E-state index contributed by atoms with van der Waals surface area (Å²) in [5.74, 6) is -35.6. The maximum atomic E-state index is 14.4. The molecule has 414 valence electrons. The van der Waals surface area contributed by atoms with Gasteiger partial charge in [-0.2, -0.15) is 57.1 Å². The number of halogens is 13. The van der Waals surface area contributed by atoms with E-state index in [-0.39, 0.29) is 17.8 Å². The fourth-order valence-corrected chi connectivity index (χ4v) is 7.21. The fourth-order valence-electron chi connectivity index (χ4n) is 7.21. The Kier molecular flexibility index (Phi) is 20.7. The van der Waals surface area contributed by atoms with Crippen LogP contribution in [0.5, 0.6) is 11.5 Å². The van der Waals surface area contributed by atoms with Crippen molar-refractivity contribution in [2.24, 2.45) is 10.3 Å². The van der Waals surface area contributed by atoms with Crippen molar-refractivity contribution in [3.8, 4) is 11.5 Å². The molecule has 0 aliphatic rings. The molecule has 5 aromatic rings. The summed E-state index contributed by atoms with van der Waals surface area (Å²) in [5.41, 5.74) is 5.93. The van der Waals surface area contributed by atoms with Crippen LogP contribution in [-0.4, -0.2) is 65.5 Å². The summed E-state index contributed by atoms with van der Waals surface area (Å²) in [6.07, 6.45) is 4.88. The molecule has 0 spiro atoms. The third-order valence-electron chi connectivity index (χ3n) is 11.8. The Morgan fingerprint density at radius 1 is 0.532 bits per heavy atom. The first-order valence-electron chi connectivity index (χ1n) is 24.4. The molecule has 0 saturated carbocycles. The highest BCUT2D eigenvalue weighted by Crippen LogP contribution is 2.60. The van der Waals surface area contributed by atoms with Gasteiger partial charge in [-0.3, -0.25) is 15.1 Å². The third kappa shape index (κ3) is 15.5. The maximum absolute atomic E-state index is 14.4. The Morgan fingerprint density at radius 3 is 1.38 bits per heavy atom. The molecule has 0 atom stereocenters. The van der Waals surface area contributed by atoms with Crippen LogP contribution in [0.1, 0.15) is 104 Å². The van der Waals surface area contributed by atoms with Crippen molar-refractivity contribution in [2.45, 2.75) is 108 Å². The number of rotatable bonds is 28. The number of ether oxygens (including phenoxy) is 2. The zero-order valence-corrected chi connectivity index (χ0v) is 42.0. The van der Waals surface area contributed by atoms with Gasteiger partial charge in [-0.05, 0) is 95.5 Å². The van der Waals surface area contributed by atoms with Crippen LogP contribution in [0.15, 0.2) is 120 Å². The highest BCUT2D eigenvalue weighted by Gasteiger charge is 2.90. The molecule has 8 nitrogen and oxygen atoms in total. The van der Waals surface area contributed by atoms with Gasteiger partial charge in [0.2, 0.25) is 0 Å². The Morgan fingerprint density at radius 2 is 0.948 bits per heavy atom. The minimum atomic E-state index is -7.93. The van der Waals surface area contributed by atoms with E-state index in [9.17, 15) is 67.2 Å². The van der Waals surface area contributed by atoms with E-state index in [1.54, 1.807) is 29.3 Å². The average molecular weight is 1100 g/mol. The van der Waals surface area contributed by atoms with Crippen LogP contribution in [0.3, 0.4) is 0 Å². The van der Waals surface area contributed by atoms with Gasteiger partial charge in [0, 0.05) is 36.2 Å². The van der Waals surface area contributed by atoms with Crippen molar-refractivity contribution < 1.29 is 71.5 Å². The number of nitrogens with zero attached hydrogens (tertiary/aromatic N) is 4. The van der Waals surface area contributed by atoms with E-state index in [2.05, 4.69) is 24.2 Å². The van der Waals surface area contributed by atoms with Gasteiger partial charge in [0.15, 0.2) is 0 Å². The fraction of sp³-hybridized carbons (Fsp3) is 0.357. The maximum Gasteiger partial charge on any atom is 0.460 e. The minimum absolute atomic E-state index is 0.00581. The molecule has 0 radical (unpaired) electrons. The molecule has 21 heteroatoms. The smallest absolute Gasteiger partial charge is 0.460 e. The first-order valence-corrected chi connectivity index (χ1v) is 24.4. The second-order valence-electron chi connectivity index (χ2n) is 17.8. The summed E-state index contributed by atoms with van der Waals surface area (Å²) < 4.78 is 188. The lowest BCUT2D eigenvalue weighted by molar-refractivity contribution is -0.440. The van der Waals surface area contributed by atoms with E-state index in [0.717, 1.165) is 71.2 Å². The van der Waals surface area contributed by atoms with E-state index >= 15 is 0 Å². The second kappa shape index (κ2) is 26.2. The van der Waals surface area contributed by atoms with Crippen molar-refractivity contribution in [3.05, 3.63) is 164 Å². The molecule has 5 rings (SSSR count). The molecule has 0 aromatic heterocycles. The summed E-state index contributed by atoms with van der Waals surface area (Å²) in [6, 6.07) is 30.1. The summed E-state index contributed by atoms with van der Waals surface area (Å²) >= 11 is 0. The lowest BCUT2D eigenvalue weighted by atomic mass is 9.91. The van der Waals surface area contributed by atoms with E-state index in [4.69, 9.17) is 9.47 Å². The molecule has 0 bridgehead atoms. The van der Waals surface area contributed by atoms with Crippen molar-refractivity contribution >= 4 is 47.8 Å². The Balaban J connectivity index is 1.20. The molecule has 0 amide bonds. The largest absolute Gasteiger partial charge is 0.493 e. The van der Waals surface area contributed by atoms with Crippen LogP contribution in [0, 0.1) is 10.1 Å². The predicted octanol–water partition coefficient (Wildman–Crippen LogP) is 18.0. The number of benzene rings is 5. The van der Waals surface area contributed by atoms with Crippen molar-refractivity contribution in [2.75, 3.05) is 19.8 Å². The first kappa shape index (κ1) is 60.7. The number of aryl methyl sites for hydroxylation is 1. The van der Waals surface area contributed by atoms with Gasteiger partial charge in [-0.25, -0.2) is 0 Å². The lowest BCUT2D eigenvalue weighted by Gasteiger charge is -2.39. The number of nitro benzene ring substituents is 1. The van der Waals surface area contributed by atoms with Crippen LogP contribution in [0.25, 0.3) is 36.5 Å². The summed E-state index contributed by atoms with van der Waals surface area (Å²) in [5, 5.41) is 21.2. The third-order valence-corrected chi connectivity index (χ3v) is 11.8. The molecule has 0 N–H and O–H groups in total. The molecule has 0 fully saturated rings. The summed E-state index contributed by atoms with van der Waals surface area (Å²) in [4.78, 5) is 10.7. The molecule has 5 aromatic carbocycles. The molecular weight excluding hydrogens is 1040 g/mol. The molecular formula is C56H55F13N4O4. The van der Waals surface area contributed by atoms with E-state index in [1.165, 1.54) is 24.3 Å². The molecule has 0 saturated heterocycles.